The van der Waals surface area contributed by atoms with Crippen molar-refractivity contribution in [1.82, 2.24) is 5.32 Å². The van der Waals surface area contributed by atoms with Gasteiger partial charge in [0.15, 0.2) is 5.11 Å². The van der Waals surface area contributed by atoms with Gasteiger partial charge in [-0.3, -0.25) is 4.79 Å². The first kappa shape index (κ1) is 19.7. The smallest absolute Gasteiger partial charge is 0.231 e. The number of ether oxygens (including phenoxy) is 2. The number of rotatable bonds is 6. The number of para-hydroxylation sites is 1. The van der Waals surface area contributed by atoms with Crippen LogP contribution in [-0.2, 0) is 4.79 Å². The lowest BCUT2D eigenvalue weighted by atomic mass is 9.96. The molecule has 0 saturated heterocycles. The minimum absolute atomic E-state index is 0.131. The van der Waals surface area contributed by atoms with Gasteiger partial charge in [0.25, 0.3) is 0 Å². The molecule has 0 aromatic heterocycles. The molecule has 0 saturated carbocycles. The van der Waals surface area contributed by atoms with Gasteiger partial charge in [0.1, 0.15) is 24.7 Å². The summed E-state index contributed by atoms with van der Waals surface area (Å²) in [4.78, 5) is 11.9. The zero-order valence-electron chi connectivity index (χ0n) is 15.2. The van der Waals surface area contributed by atoms with Crippen LogP contribution in [0, 0.1) is 5.41 Å². The third-order valence-corrected chi connectivity index (χ3v) is 3.59. The minimum Gasteiger partial charge on any atom is -0.490 e. The Morgan fingerprint density at radius 1 is 0.923 bits per heavy atom. The van der Waals surface area contributed by atoms with Crippen LogP contribution < -0.4 is 20.1 Å². The van der Waals surface area contributed by atoms with Gasteiger partial charge in [-0.05, 0) is 48.6 Å². The van der Waals surface area contributed by atoms with Gasteiger partial charge in [-0.25, -0.2) is 0 Å². The molecule has 0 fully saturated rings. The van der Waals surface area contributed by atoms with Gasteiger partial charge in [-0.2, -0.15) is 0 Å². The monoisotopic (exact) mass is 372 g/mol. The second-order valence-corrected chi connectivity index (χ2v) is 7.10. The molecule has 2 rings (SSSR count). The number of thiocarbonyl (C=S) groups is 1. The highest BCUT2D eigenvalue weighted by atomic mass is 32.1. The summed E-state index contributed by atoms with van der Waals surface area (Å²) in [6, 6.07) is 16.9. The van der Waals surface area contributed by atoms with E-state index in [0.29, 0.717) is 13.2 Å². The first-order chi connectivity index (χ1) is 12.3. The summed E-state index contributed by atoms with van der Waals surface area (Å²) in [6.07, 6.45) is 0. The second kappa shape index (κ2) is 9.20. The van der Waals surface area contributed by atoms with Crippen molar-refractivity contribution in [1.29, 1.82) is 0 Å². The average Bonchev–Trinajstić information content (AvgIpc) is 2.60. The number of nitrogens with one attached hydrogen (secondary N) is 2. The van der Waals surface area contributed by atoms with Crippen LogP contribution in [0.2, 0.25) is 0 Å². The molecule has 138 valence electrons. The standard InChI is InChI=1S/C20H24N2O3S/c1-20(2,3)18(23)22-19(26)21-15-9-11-17(12-10-15)25-14-13-24-16-7-5-4-6-8-16/h4-12H,13-14H2,1-3H3,(H2,21,22,23,26). The quantitative estimate of drug-likeness (QED) is 0.593. The van der Waals surface area contributed by atoms with Gasteiger partial charge in [-0.15, -0.1) is 0 Å². The van der Waals surface area contributed by atoms with Crippen molar-refractivity contribution in [3.63, 3.8) is 0 Å². The average molecular weight is 372 g/mol. The Morgan fingerprint density at radius 3 is 2.00 bits per heavy atom. The summed E-state index contributed by atoms with van der Waals surface area (Å²) >= 11 is 5.16. The molecule has 2 aromatic rings. The van der Waals surface area contributed by atoms with Gasteiger partial charge < -0.3 is 20.1 Å². The highest BCUT2D eigenvalue weighted by molar-refractivity contribution is 7.80. The van der Waals surface area contributed by atoms with Gasteiger partial charge in [-0.1, -0.05) is 39.0 Å². The molecule has 0 bridgehead atoms. The number of carbonyl (C=O) groups is 1. The normalized spacial score (nSPS) is 10.7. The molecule has 0 unspecified atom stereocenters. The van der Waals surface area contributed by atoms with E-state index < -0.39 is 5.41 Å². The molecule has 1 amide bonds. The summed E-state index contributed by atoms with van der Waals surface area (Å²) in [5.74, 6) is 1.42. The van der Waals surface area contributed by atoms with Gasteiger partial charge in [0.05, 0.1) is 0 Å². The van der Waals surface area contributed by atoms with Crippen molar-refractivity contribution in [2.24, 2.45) is 5.41 Å². The molecule has 0 radical (unpaired) electrons. The van der Waals surface area contributed by atoms with E-state index in [1.807, 2.05) is 75.4 Å². The van der Waals surface area contributed by atoms with Crippen molar-refractivity contribution < 1.29 is 14.3 Å². The summed E-state index contributed by atoms with van der Waals surface area (Å²) in [5, 5.41) is 5.93. The van der Waals surface area contributed by atoms with E-state index in [1.165, 1.54) is 0 Å². The van der Waals surface area contributed by atoms with Crippen LogP contribution in [0.1, 0.15) is 20.8 Å². The van der Waals surface area contributed by atoms with Crippen molar-refractivity contribution >= 4 is 28.9 Å². The maximum atomic E-state index is 11.9. The molecule has 2 N–H and O–H groups in total. The summed E-state index contributed by atoms with van der Waals surface area (Å²) < 4.78 is 11.2. The first-order valence-electron chi connectivity index (χ1n) is 8.38. The fraction of sp³-hybridized carbons (Fsp3) is 0.300. The zero-order valence-corrected chi connectivity index (χ0v) is 16.1. The number of hydrogen-bond acceptors (Lipinski definition) is 4. The van der Waals surface area contributed by atoms with E-state index in [9.17, 15) is 4.79 Å². The van der Waals surface area contributed by atoms with Crippen LogP contribution in [0.15, 0.2) is 54.6 Å². The van der Waals surface area contributed by atoms with E-state index in [4.69, 9.17) is 21.7 Å². The lowest BCUT2D eigenvalue weighted by Crippen LogP contribution is -2.41. The third-order valence-electron chi connectivity index (χ3n) is 3.38. The van der Waals surface area contributed by atoms with Crippen LogP contribution in [0.5, 0.6) is 11.5 Å². The predicted molar refractivity (Wildman–Crippen MR) is 108 cm³/mol. The Balaban J connectivity index is 1.73. The first-order valence-corrected chi connectivity index (χ1v) is 8.78. The number of hydrogen-bond donors (Lipinski definition) is 2. The molecular weight excluding hydrogens is 348 g/mol. The second-order valence-electron chi connectivity index (χ2n) is 6.69. The van der Waals surface area contributed by atoms with E-state index >= 15 is 0 Å². The van der Waals surface area contributed by atoms with Crippen molar-refractivity contribution in [3.8, 4) is 11.5 Å². The molecule has 0 aliphatic heterocycles. The minimum atomic E-state index is -0.495. The lowest BCUT2D eigenvalue weighted by Gasteiger charge is -2.18. The molecule has 0 spiro atoms. The maximum absolute atomic E-state index is 11.9. The number of benzene rings is 2. The highest BCUT2D eigenvalue weighted by Gasteiger charge is 2.21. The van der Waals surface area contributed by atoms with Crippen LogP contribution in [-0.4, -0.2) is 24.2 Å². The van der Waals surface area contributed by atoms with Crippen LogP contribution in [0.25, 0.3) is 0 Å². The molecule has 0 atom stereocenters. The van der Waals surface area contributed by atoms with Crippen LogP contribution in [0.3, 0.4) is 0 Å². The topological polar surface area (TPSA) is 59.6 Å². The fourth-order valence-corrected chi connectivity index (χ4v) is 2.13. The molecule has 6 heteroatoms. The molecule has 0 heterocycles. The largest absolute Gasteiger partial charge is 0.490 e. The molecule has 26 heavy (non-hydrogen) atoms. The van der Waals surface area contributed by atoms with Gasteiger partial charge >= 0.3 is 0 Å². The Kier molecular flexibility index (Phi) is 6.97. The van der Waals surface area contributed by atoms with Crippen molar-refractivity contribution in [2.75, 3.05) is 18.5 Å². The Bertz CT molecular complexity index is 725. The third kappa shape index (κ3) is 6.72. The highest BCUT2D eigenvalue weighted by Crippen LogP contribution is 2.17. The summed E-state index contributed by atoms with van der Waals surface area (Å²) in [7, 11) is 0. The van der Waals surface area contributed by atoms with E-state index in [1.54, 1.807) is 0 Å². The van der Waals surface area contributed by atoms with Gasteiger partial charge in [0, 0.05) is 11.1 Å². The lowest BCUT2D eigenvalue weighted by molar-refractivity contribution is -0.126. The molecule has 0 aliphatic rings. The predicted octanol–water partition coefficient (Wildman–Crippen LogP) is 4.00. The fourth-order valence-electron chi connectivity index (χ4n) is 1.92. The van der Waals surface area contributed by atoms with E-state index in [0.717, 1.165) is 17.2 Å². The molecule has 2 aromatic carbocycles. The Hall–Kier alpha value is -2.60. The summed E-state index contributed by atoms with van der Waals surface area (Å²) in [5.41, 5.74) is 0.280. The van der Waals surface area contributed by atoms with E-state index in [2.05, 4.69) is 10.6 Å². The molecular formula is C20H24N2O3S. The van der Waals surface area contributed by atoms with E-state index in [-0.39, 0.29) is 11.0 Å². The number of carbonyl (C=O) groups excluding carboxylic acids is 1. The Morgan fingerprint density at radius 2 is 1.46 bits per heavy atom. The number of amides is 1. The Labute approximate surface area is 159 Å². The van der Waals surface area contributed by atoms with Crippen LogP contribution in [0.4, 0.5) is 5.69 Å². The van der Waals surface area contributed by atoms with Crippen LogP contribution >= 0.6 is 12.2 Å². The van der Waals surface area contributed by atoms with Gasteiger partial charge in [0.2, 0.25) is 5.91 Å². The zero-order chi connectivity index (χ0) is 19.0. The maximum Gasteiger partial charge on any atom is 0.231 e. The SMILES string of the molecule is CC(C)(C)C(=O)NC(=S)Nc1ccc(OCCOc2ccccc2)cc1. The van der Waals surface area contributed by atoms with Crippen molar-refractivity contribution in [2.45, 2.75) is 20.8 Å². The van der Waals surface area contributed by atoms with Crippen molar-refractivity contribution in [3.05, 3.63) is 54.6 Å². The molecule has 0 aliphatic carbocycles. The molecule has 5 nitrogen and oxygen atoms in total. The number of anilines is 1. The summed E-state index contributed by atoms with van der Waals surface area (Å²) in [6.45, 7) is 6.41.